The lowest BCUT2D eigenvalue weighted by Gasteiger charge is -2.33. The van der Waals surface area contributed by atoms with Crippen molar-refractivity contribution in [2.45, 2.75) is 35.5 Å². The van der Waals surface area contributed by atoms with Crippen LogP contribution in [0.1, 0.15) is 25.7 Å². The molecule has 1 saturated heterocycles. The van der Waals surface area contributed by atoms with Crippen LogP contribution in [0.5, 0.6) is 0 Å². The number of carbonyl (C=O) groups is 1. The SMILES string of the molecule is CN(CCCN1c2ccccc2Sc2ccc(Cl)cc21)C(=O)CN1CCCCC1. The van der Waals surface area contributed by atoms with E-state index in [0.717, 1.165) is 43.3 Å². The first-order valence-corrected chi connectivity index (χ1v) is 11.6. The third-order valence-electron chi connectivity index (χ3n) is 5.70. The maximum absolute atomic E-state index is 12.6. The highest BCUT2D eigenvalue weighted by molar-refractivity contribution is 7.99. The first-order valence-electron chi connectivity index (χ1n) is 10.4. The monoisotopic (exact) mass is 429 g/mol. The summed E-state index contributed by atoms with van der Waals surface area (Å²) in [7, 11) is 1.93. The van der Waals surface area contributed by atoms with Crippen molar-refractivity contribution in [2.75, 3.05) is 44.7 Å². The molecule has 0 aliphatic carbocycles. The largest absolute Gasteiger partial charge is 0.345 e. The molecule has 154 valence electrons. The second-order valence-electron chi connectivity index (χ2n) is 7.84. The second kappa shape index (κ2) is 9.41. The number of anilines is 2. The molecule has 0 saturated carbocycles. The van der Waals surface area contributed by atoms with Crippen molar-refractivity contribution < 1.29 is 4.79 Å². The number of likely N-dealkylation sites (tertiary alicyclic amines) is 1. The Morgan fingerprint density at radius 2 is 1.83 bits per heavy atom. The molecule has 0 unspecified atom stereocenters. The Hall–Kier alpha value is -1.69. The molecule has 0 atom stereocenters. The number of carbonyl (C=O) groups excluding carboxylic acids is 1. The molecule has 2 aromatic rings. The van der Waals surface area contributed by atoms with E-state index >= 15 is 0 Å². The van der Waals surface area contributed by atoms with Gasteiger partial charge in [0.2, 0.25) is 5.91 Å². The van der Waals surface area contributed by atoms with Crippen molar-refractivity contribution in [2.24, 2.45) is 0 Å². The first kappa shape index (κ1) is 20.6. The molecule has 2 aliphatic rings. The second-order valence-corrected chi connectivity index (χ2v) is 9.36. The van der Waals surface area contributed by atoms with Gasteiger partial charge in [-0.3, -0.25) is 9.69 Å². The van der Waals surface area contributed by atoms with E-state index in [9.17, 15) is 4.79 Å². The Labute approximate surface area is 182 Å². The van der Waals surface area contributed by atoms with Crippen molar-refractivity contribution in [3.8, 4) is 0 Å². The lowest BCUT2D eigenvalue weighted by atomic mass is 10.1. The molecule has 2 aromatic carbocycles. The zero-order valence-electron chi connectivity index (χ0n) is 16.9. The number of halogens is 1. The molecule has 1 amide bonds. The van der Waals surface area contributed by atoms with Crippen molar-refractivity contribution in [1.29, 1.82) is 0 Å². The number of fused-ring (bicyclic) bond motifs is 2. The van der Waals surface area contributed by atoms with Crippen LogP contribution in [0, 0.1) is 0 Å². The van der Waals surface area contributed by atoms with Gasteiger partial charge in [0.25, 0.3) is 0 Å². The average Bonchev–Trinajstić information content (AvgIpc) is 2.74. The van der Waals surface area contributed by atoms with Crippen LogP contribution in [0.2, 0.25) is 5.02 Å². The van der Waals surface area contributed by atoms with E-state index in [-0.39, 0.29) is 5.91 Å². The Bertz CT molecular complexity index is 869. The molecule has 2 aliphatic heterocycles. The molecule has 29 heavy (non-hydrogen) atoms. The summed E-state index contributed by atoms with van der Waals surface area (Å²) in [5.41, 5.74) is 2.37. The zero-order chi connectivity index (χ0) is 20.2. The summed E-state index contributed by atoms with van der Waals surface area (Å²) in [6.45, 7) is 4.28. The molecule has 0 radical (unpaired) electrons. The van der Waals surface area contributed by atoms with Gasteiger partial charge in [-0.25, -0.2) is 0 Å². The van der Waals surface area contributed by atoms with Gasteiger partial charge in [0, 0.05) is 35.0 Å². The van der Waals surface area contributed by atoms with Crippen molar-refractivity contribution in [3.05, 3.63) is 47.5 Å². The quantitative estimate of drug-likeness (QED) is 0.624. The fourth-order valence-corrected chi connectivity index (χ4v) is 5.31. The topological polar surface area (TPSA) is 26.8 Å². The number of piperidine rings is 1. The van der Waals surface area contributed by atoms with E-state index in [1.54, 1.807) is 11.8 Å². The van der Waals surface area contributed by atoms with E-state index in [1.165, 1.54) is 34.7 Å². The number of rotatable bonds is 6. The van der Waals surface area contributed by atoms with Crippen LogP contribution in [0.15, 0.2) is 52.3 Å². The summed E-state index contributed by atoms with van der Waals surface area (Å²) in [6, 6.07) is 14.6. The summed E-state index contributed by atoms with van der Waals surface area (Å²) in [5.74, 6) is 0.227. The molecule has 4 rings (SSSR count). The van der Waals surface area contributed by atoms with Crippen LogP contribution in [0.25, 0.3) is 0 Å². The highest BCUT2D eigenvalue weighted by Gasteiger charge is 2.23. The Morgan fingerprint density at radius 1 is 1.07 bits per heavy atom. The predicted octanol–water partition coefficient (Wildman–Crippen LogP) is 5.28. The molecular formula is C23H28ClN3OS. The minimum Gasteiger partial charge on any atom is -0.345 e. The predicted molar refractivity (Wildman–Crippen MR) is 122 cm³/mol. The fourth-order valence-electron chi connectivity index (χ4n) is 4.06. The van der Waals surface area contributed by atoms with E-state index in [2.05, 4.69) is 40.1 Å². The van der Waals surface area contributed by atoms with Gasteiger partial charge in [-0.2, -0.15) is 0 Å². The normalized spacial score (nSPS) is 16.3. The molecule has 0 bridgehead atoms. The van der Waals surface area contributed by atoms with Crippen LogP contribution < -0.4 is 4.90 Å². The minimum absolute atomic E-state index is 0.227. The highest BCUT2D eigenvalue weighted by Crippen LogP contribution is 2.48. The van der Waals surface area contributed by atoms with Gasteiger partial charge in [-0.05, 0) is 62.7 Å². The Kier molecular flexibility index (Phi) is 6.68. The first-order chi connectivity index (χ1) is 14.1. The number of likely N-dealkylation sites (N-methyl/N-ethyl adjacent to an activating group) is 1. The molecule has 0 spiro atoms. The van der Waals surface area contributed by atoms with Crippen molar-refractivity contribution in [1.82, 2.24) is 9.80 Å². The lowest BCUT2D eigenvalue weighted by Crippen LogP contribution is -2.41. The number of benzene rings is 2. The summed E-state index contributed by atoms with van der Waals surface area (Å²) in [6.07, 6.45) is 4.63. The number of para-hydroxylation sites is 1. The van der Waals surface area contributed by atoms with Gasteiger partial charge in [0.05, 0.1) is 17.9 Å². The van der Waals surface area contributed by atoms with Crippen molar-refractivity contribution >= 4 is 40.6 Å². The van der Waals surface area contributed by atoms with Crippen LogP contribution in [0.4, 0.5) is 11.4 Å². The third kappa shape index (κ3) is 4.90. The molecule has 2 heterocycles. The van der Waals surface area contributed by atoms with Crippen LogP contribution in [-0.2, 0) is 4.79 Å². The number of hydrogen-bond acceptors (Lipinski definition) is 4. The summed E-state index contributed by atoms with van der Waals surface area (Å²) >= 11 is 8.08. The van der Waals surface area contributed by atoms with Gasteiger partial charge in [0.1, 0.15) is 0 Å². The van der Waals surface area contributed by atoms with Gasteiger partial charge < -0.3 is 9.80 Å². The number of hydrogen-bond donors (Lipinski definition) is 0. The lowest BCUT2D eigenvalue weighted by molar-refractivity contribution is -0.131. The molecule has 1 fully saturated rings. The van der Waals surface area contributed by atoms with Crippen LogP contribution in [-0.4, -0.2) is 55.5 Å². The molecule has 4 nitrogen and oxygen atoms in total. The van der Waals surface area contributed by atoms with E-state index in [1.807, 2.05) is 24.1 Å². The summed E-state index contributed by atoms with van der Waals surface area (Å²) in [4.78, 5) is 21.6. The number of amides is 1. The van der Waals surface area contributed by atoms with Crippen molar-refractivity contribution in [3.63, 3.8) is 0 Å². The maximum Gasteiger partial charge on any atom is 0.236 e. The Balaban J connectivity index is 1.39. The van der Waals surface area contributed by atoms with Crippen LogP contribution in [0.3, 0.4) is 0 Å². The van der Waals surface area contributed by atoms with E-state index in [4.69, 9.17) is 11.6 Å². The summed E-state index contributed by atoms with van der Waals surface area (Å²) in [5, 5.41) is 0.752. The minimum atomic E-state index is 0.227. The van der Waals surface area contributed by atoms with E-state index in [0.29, 0.717) is 6.54 Å². The molecule has 0 aromatic heterocycles. The smallest absolute Gasteiger partial charge is 0.236 e. The third-order valence-corrected chi connectivity index (χ3v) is 7.06. The molecule has 6 heteroatoms. The number of nitrogens with zero attached hydrogens (tertiary/aromatic N) is 3. The van der Waals surface area contributed by atoms with Gasteiger partial charge in [-0.1, -0.05) is 41.9 Å². The Morgan fingerprint density at radius 3 is 2.66 bits per heavy atom. The average molecular weight is 430 g/mol. The zero-order valence-corrected chi connectivity index (χ0v) is 18.5. The van der Waals surface area contributed by atoms with Gasteiger partial charge in [-0.15, -0.1) is 0 Å². The van der Waals surface area contributed by atoms with Gasteiger partial charge in [0.15, 0.2) is 0 Å². The summed E-state index contributed by atoms with van der Waals surface area (Å²) < 4.78 is 0. The standard InChI is InChI=1S/C23H28ClN3OS/c1-25(23(28)17-26-13-5-2-6-14-26)12-7-15-27-19-8-3-4-9-21(19)29-22-11-10-18(24)16-20(22)27/h3-4,8-11,16H,2,5-7,12-15,17H2,1H3. The van der Waals surface area contributed by atoms with E-state index < -0.39 is 0 Å². The maximum atomic E-state index is 12.6. The fraction of sp³-hybridized carbons (Fsp3) is 0.435. The van der Waals surface area contributed by atoms with Gasteiger partial charge >= 0.3 is 0 Å². The highest BCUT2D eigenvalue weighted by atomic mass is 35.5. The molecular weight excluding hydrogens is 402 g/mol. The molecule has 0 N–H and O–H groups in total. The van der Waals surface area contributed by atoms with Crippen LogP contribution >= 0.6 is 23.4 Å².